The van der Waals surface area contributed by atoms with Crippen LogP contribution in [-0.2, 0) is 0 Å². The highest BCUT2D eigenvalue weighted by Gasteiger charge is 2.26. The molecule has 0 aliphatic carbocycles. The number of hydrogen-bond acceptors (Lipinski definition) is 3. The minimum absolute atomic E-state index is 0.0000491. The molecule has 4 rings (SSSR count). The predicted molar refractivity (Wildman–Crippen MR) is 114 cm³/mol. The number of amides is 2. The van der Waals surface area contributed by atoms with E-state index in [1.54, 1.807) is 25.1 Å². The van der Waals surface area contributed by atoms with Crippen LogP contribution >= 0.6 is 0 Å². The molecule has 0 saturated heterocycles. The van der Waals surface area contributed by atoms with E-state index in [1.807, 2.05) is 0 Å². The molecule has 5 nitrogen and oxygen atoms in total. The van der Waals surface area contributed by atoms with Gasteiger partial charge in [0.1, 0.15) is 23.0 Å². The molecule has 3 N–H and O–H groups in total. The number of primary amides is 1. The molecule has 0 radical (unpaired) electrons. The van der Waals surface area contributed by atoms with Crippen molar-refractivity contribution >= 4 is 22.8 Å². The number of hydrogen-bond donors (Lipinski definition) is 2. The van der Waals surface area contributed by atoms with Gasteiger partial charge in [-0.1, -0.05) is 6.07 Å². The van der Waals surface area contributed by atoms with Crippen LogP contribution in [0.25, 0.3) is 33.4 Å². The Morgan fingerprint density at radius 2 is 1.68 bits per heavy atom. The topological polar surface area (TPSA) is 85.3 Å². The van der Waals surface area contributed by atoms with E-state index in [1.165, 1.54) is 43.4 Å². The molecule has 156 valence electrons. The quantitative estimate of drug-likeness (QED) is 0.497. The van der Waals surface area contributed by atoms with E-state index in [0.29, 0.717) is 11.1 Å². The average Bonchev–Trinajstić information content (AvgIpc) is 3.15. The Labute approximate surface area is 176 Å². The van der Waals surface area contributed by atoms with Gasteiger partial charge in [0.05, 0.1) is 10.9 Å². The van der Waals surface area contributed by atoms with Crippen LogP contribution in [-0.4, -0.2) is 18.9 Å². The summed E-state index contributed by atoms with van der Waals surface area (Å²) in [5, 5.41) is 2.50. The fourth-order valence-electron chi connectivity index (χ4n) is 3.57. The Morgan fingerprint density at radius 1 is 0.968 bits per heavy atom. The minimum atomic E-state index is -0.669. The van der Waals surface area contributed by atoms with Crippen molar-refractivity contribution < 1.29 is 22.8 Å². The van der Waals surface area contributed by atoms with E-state index in [9.17, 15) is 14.0 Å². The summed E-state index contributed by atoms with van der Waals surface area (Å²) >= 11 is 0. The third-order valence-corrected chi connectivity index (χ3v) is 5.17. The fraction of sp³-hybridized carbons (Fsp3) is 0.0833. The molecule has 0 fully saturated rings. The smallest absolute Gasteiger partial charge is 0.255 e. The summed E-state index contributed by atoms with van der Waals surface area (Å²) in [5.41, 5.74) is 7.63. The van der Waals surface area contributed by atoms with Crippen LogP contribution in [0.2, 0.25) is 0 Å². The highest BCUT2D eigenvalue weighted by Crippen LogP contribution is 2.39. The van der Waals surface area contributed by atoms with Crippen molar-refractivity contribution in [3.63, 3.8) is 0 Å². The Kier molecular flexibility index (Phi) is 5.02. The monoisotopic (exact) mass is 420 g/mol. The molecule has 2 amide bonds. The van der Waals surface area contributed by atoms with Gasteiger partial charge in [-0.05, 0) is 66.6 Å². The van der Waals surface area contributed by atoms with Crippen LogP contribution in [0.5, 0.6) is 0 Å². The van der Waals surface area contributed by atoms with Crippen LogP contribution in [0.15, 0.2) is 59.0 Å². The number of nitrogens with two attached hydrogens (primary N) is 1. The first-order valence-electron chi connectivity index (χ1n) is 9.45. The summed E-state index contributed by atoms with van der Waals surface area (Å²) in [6.07, 6.45) is 0. The van der Waals surface area contributed by atoms with Gasteiger partial charge >= 0.3 is 0 Å². The van der Waals surface area contributed by atoms with Crippen molar-refractivity contribution in [1.82, 2.24) is 5.32 Å². The largest absolute Gasteiger partial charge is 0.455 e. The highest BCUT2D eigenvalue weighted by molar-refractivity contribution is 6.12. The van der Waals surface area contributed by atoms with Crippen molar-refractivity contribution in [1.29, 1.82) is 0 Å². The molecule has 0 unspecified atom stereocenters. The lowest BCUT2D eigenvalue weighted by Crippen LogP contribution is -2.18. The van der Waals surface area contributed by atoms with Gasteiger partial charge in [-0.2, -0.15) is 0 Å². The maximum atomic E-state index is 15.8. The zero-order valence-electron chi connectivity index (χ0n) is 16.8. The fourth-order valence-corrected chi connectivity index (χ4v) is 3.57. The number of aryl methyl sites for hydroxylation is 1. The third kappa shape index (κ3) is 3.44. The number of rotatable bonds is 4. The van der Waals surface area contributed by atoms with Crippen molar-refractivity contribution in [2.45, 2.75) is 6.92 Å². The number of nitrogens with one attached hydrogen (secondary N) is 1. The maximum absolute atomic E-state index is 15.8. The van der Waals surface area contributed by atoms with E-state index in [-0.39, 0.29) is 33.4 Å². The molecular formula is C24H18F2N2O3. The van der Waals surface area contributed by atoms with Gasteiger partial charge in [-0.25, -0.2) is 8.78 Å². The number of benzene rings is 3. The Balaban J connectivity index is 2.02. The lowest BCUT2D eigenvalue weighted by molar-refractivity contribution is 0.0962. The van der Waals surface area contributed by atoms with Gasteiger partial charge in [-0.3, -0.25) is 9.59 Å². The van der Waals surface area contributed by atoms with E-state index in [0.717, 1.165) is 5.56 Å². The van der Waals surface area contributed by atoms with Crippen molar-refractivity contribution in [3.05, 3.63) is 82.9 Å². The van der Waals surface area contributed by atoms with Crippen LogP contribution < -0.4 is 11.1 Å². The van der Waals surface area contributed by atoms with Crippen molar-refractivity contribution in [3.8, 4) is 22.5 Å². The molecule has 1 aromatic heterocycles. The SMILES string of the molecule is CNC(=O)c1c(-c2ccc(F)cc2)oc2ccc(-c3cc(C(N)=O)ccc3C)c(F)c12. The molecule has 0 aliphatic heterocycles. The number of carbonyl (C=O) groups is 2. The maximum Gasteiger partial charge on any atom is 0.255 e. The molecule has 31 heavy (non-hydrogen) atoms. The standard InChI is InChI=1S/C24H18F2N2O3/c1-12-3-4-14(23(27)29)11-17(12)16-9-10-18-19(21(16)26)20(24(30)28-2)22(31-18)13-5-7-15(25)8-6-13/h3-11H,1-2H3,(H2,27,29)(H,28,30). The molecular weight excluding hydrogens is 402 g/mol. The lowest BCUT2D eigenvalue weighted by Gasteiger charge is -2.10. The van der Waals surface area contributed by atoms with Crippen LogP contribution in [0.1, 0.15) is 26.3 Å². The Morgan fingerprint density at radius 3 is 2.32 bits per heavy atom. The van der Waals surface area contributed by atoms with Crippen LogP contribution in [0, 0.1) is 18.6 Å². The molecule has 1 heterocycles. The third-order valence-electron chi connectivity index (χ3n) is 5.17. The van der Waals surface area contributed by atoms with Gasteiger partial charge in [-0.15, -0.1) is 0 Å². The van der Waals surface area contributed by atoms with Crippen molar-refractivity contribution in [2.75, 3.05) is 7.05 Å². The van der Waals surface area contributed by atoms with E-state index < -0.39 is 23.4 Å². The molecule has 0 bridgehead atoms. The number of halogens is 2. The average molecular weight is 420 g/mol. The second-order valence-corrected chi connectivity index (χ2v) is 7.09. The van der Waals surface area contributed by atoms with Gasteiger partial charge < -0.3 is 15.5 Å². The normalized spacial score (nSPS) is 11.0. The molecule has 0 saturated carbocycles. The summed E-state index contributed by atoms with van der Waals surface area (Å²) in [6, 6.07) is 13.2. The number of fused-ring (bicyclic) bond motifs is 1. The van der Waals surface area contributed by atoms with Gasteiger partial charge in [0.15, 0.2) is 0 Å². The van der Waals surface area contributed by atoms with E-state index in [2.05, 4.69) is 5.32 Å². The zero-order valence-corrected chi connectivity index (χ0v) is 16.8. The minimum Gasteiger partial charge on any atom is -0.455 e. The molecule has 0 spiro atoms. The second kappa shape index (κ2) is 7.68. The summed E-state index contributed by atoms with van der Waals surface area (Å²) in [5.74, 6) is -2.15. The Hall–Kier alpha value is -4.00. The van der Waals surface area contributed by atoms with Gasteiger partial charge in [0.2, 0.25) is 5.91 Å². The van der Waals surface area contributed by atoms with Gasteiger partial charge in [0, 0.05) is 23.7 Å². The molecule has 3 aromatic carbocycles. The molecule has 0 atom stereocenters. The van der Waals surface area contributed by atoms with Gasteiger partial charge in [0.25, 0.3) is 5.91 Å². The van der Waals surface area contributed by atoms with Crippen LogP contribution in [0.4, 0.5) is 8.78 Å². The molecule has 0 aliphatic rings. The first kappa shape index (κ1) is 20.3. The first-order valence-corrected chi connectivity index (χ1v) is 9.45. The highest BCUT2D eigenvalue weighted by atomic mass is 19.1. The molecule has 4 aromatic rings. The lowest BCUT2D eigenvalue weighted by atomic mass is 9.95. The summed E-state index contributed by atoms with van der Waals surface area (Å²) in [7, 11) is 1.43. The van der Waals surface area contributed by atoms with E-state index >= 15 is 4.39 Å². The molecule has 7 heteroatoms. The predicted octanol–water partition coefficient (Wildman–Crippen LogP) is 4.81. The zero-order chi connectivity index (χ0) is 22.3. The summed E-state index contributed by atoms with van der Waals surface area (Å²) in [6.45, 7) is 1.78. The summed E-state index contributed by atoms with van der Waals surface area (Å²) in [4.78, 5) is 24.3. The number of carbonyl (C=O) groups excluding carboxylic acids is 2. The second-order valence-electron chi connectivity index (χ2n) is 7.09. The van der Waals surface area contributed by atoms with Crippen molar-refractivity contribution in [2.24, 2.45) is 5.73 Å². The number of furan rings is 1. The van der Waals surface area contributed by atoms with E-state index in [4.69, 9.17) is 10.2 Å². The summed E-state index contributed by atoms with van der Waals surface area (Å²) < 4.78 is 35.0. The first-order chi connectivity index (χ1) is 14.8. The van der Waals surface area contributed by atoms with Crippen LogP contribution in [0.3, 0.4) is 0 Å². The Bertz CT molecular complexity index is 1340.